The molecule has 1 aromatic rings. The average molecular weight is 263 g/mol. The van der Waals surface area contributed by atoms with Crippen molar-refractivity contribution < 1.29 is 0 Å². The summed E-state index contributed by atoms with van der Waals surface area (Å²) < 4.78 is 1.82. The normalized spacial score (nSPS) is 11.4. The molecule has 0 spiro atoms. The quantitative estimate of drug-likeness (QED) is 0.350. The van der Waals surface area contributed by atoms with Crippen LogP contribution in [0, 0.1) is 0 Å². The lowest BCUT2D eigenvalue weighted by Gasteiger charge is -2.21. The van der Waals surface area contributed by atoms with E-state index in [1.54, 1.807) is 0 Å². The van der Waals surface area contributed by atoms with E-state index in [1.165, 1.54) is 5.56 Å². The van der Waals surface area contributed by atoms with Crippen LogP contribution in [0.25, 0.3) is 0 Å². The monoisotopic (exact) mass is 263 g/mol. The van der Waals surface area contributed by atoms with Crippen molar-refractivity contribution in [3.63, 3.8) is 0 Å². The number of rotatable bonds is 7. The summed E-state index contributed by atoms with van der Waals surface area (Å²) in [6.45, 7) is 5.59. The van der Waals surface area contributed by atoms with E-state index in [-0.39, 0.29) is 0 Å². The lowest BCUT2D eigenvalue weighted by Crippen LogP contribution is -2.40. The third kappa shape index (κ3) is 5.59. The summed E-state index contributed by atoms with van der Waals surface area (Å²) >= 11 is 0. The summed E-state index contributed by atoms with van der Waals surface area (Å²) in [5.74, 6) is 0.938. The van der Waals surface area contributed by atoms with Crippen molar-refractivity contribution in [1.82, 2.24) is 20.0 Å². The highest BCUT2D eigenvalue weighted by molar-refractivity contribution is 5.79. The lowest BCUT2D eigenvalue weighted by atomic mass is 10.2. The summed E-state index contributed by atoms with van der Waals surface area (Å²) in [7, 11) is 5.81. The zero-order valence-corrected chi connectivity index (χ0v) is 12.3. The molecule has 0 aromatic carbocycles. The standard InChI is InChI=1S/C14H25N5/c1-5-6-7-10-18(3)14(15-2)16-9-8-13-11-17-19(4)12-13/h5,11-12H,1,6-10H2,2-4H3,(H,15,16). The molecule has 5 heteroatoms. The van der Waals surface area contributed by atoms with Crippen molar-refractivity contribution >= 4 is 5.96 Å². The first-order chi connectivity index (χ1) is 9.17. The third-order valence-electron chi connectivity index (χ3n) is 2.93. The molecule has 5 nitrogen and oxygen atoms in total. The number of aromatic nitrogens is 2. The van der Waals surface area contributed by atoms with Crippen LogP contribution >= 0.6 is 0 Å². The van der Waals surface area contributed by atoms with Crippen molar-refractivity contribution in [2.24, 2.45) is 12.0 Å². The predicted octanol–water partition coefficient (Wildman–Crippen LogP) is 1.44. The molecule has 106 valence electrons. The van der Waals surface area contributed by atoms with Crippen molar-refractivity contribution in [2.45, 2.75) is 19.3 Å². The van der Waals surface area contributed by atoms with Gasteiger partial charge in [-0.15, -0.1) is 6.58 Å². The lowest BCUT2D eigenvalue weighted by molar-refractivity contribution is 0.470. The number of hydrogen-bond acceptors (Lipinski definition) is 2. The SMILES string of the molecule is C=CCCCN(C)C(=NC)NCCc1cnn(C)c1. The Kier molecular flexibility index (Phi) is 6.71. The van der Waals surface area contributed by atoms with E-state index >= 15 is 0 Å². The Bertz CT molecular complexity index is 408. The second-order valence-corrected chi connectivity index (χ2v) is 4.60. The summed E-state index contributed by atoms with van der Waals surface area (Å²) in [6.07, 6.45) is 8.98. The number of hydrogen-bond donors (Lipinski definition) is 1. The van der Waals surface area contributed by atoms with Gasteiger partial charge in [-0.1, -0.05) is 6.08 Å². The molecule has 1 heterocycles. The summed E-state index contributed by atoms with van der Waals surface area (Å²) in [6, 6.07) is 0. The van der Waals surface area contributed by atoms with Gasteiger partial charge in [-0.05, 0) is 24.8 Å². The maximum absolute atomic E-state index is 4.29. The first-order valence-corrected chi connectivity index (χ1v) is 6.67. The van der Waals surface area contributed by atoms with Gasteiger partial charge < -0.3 is 10.2 Å². The first kappa shape index (κ1) is 15.3. The number of nitrogens with one attached hydrogen (secondary N) is 1. The molecule has 1 N–H and O–H groups in total. The number of aryl methyl sites for hydroxylation is 1. The van der Waals surface area contributed by atoms with E-state index < -0.39 is 0 Å². The zero-order chi connectivity index (χ0) is 14.1. The Morgan fingerprint density at radius 2 is 2.42 bits per heavy atom. The number of allylic oxidation sites excluding steroid dienone is 1. The third-order valence-corrected chi connectivity index (χ3v) is 2.93. The van der Waals surface area contributed by atoms with Gasteiger partial charge in [-0.3, -0.25) is 9.67 Å². The molecule has 0 aliphatic rings. The first-order valence-electron chi connectivity index (χ1n) is 6.67. The highest BCUT2D eigenvalue weighted by Crippen LogP contribution is 1.97. The van der Waals surface area contributed by atoms with Gasteiger partial charge in [-0.25, -0.2) is 0 Å². The van der Waals surface area contributed by atoms with Gasteiger partial charge in [0.05, 0.1) is 6.20 Å². The second kappa shape index (κ2) is 8.34. The van der Waals surface area contributed by atoms with E-state index in [0.717, 1.165) is 38.3 Å². The minimum absolute atomic E-state index is 0.865. The molecule has 0 saturated heterocycles. The van der Waals surface area contributed by atoms with Crippen molar-refractivity contribution in [2.75, 3.05) is 27.2 Å². The molecule has 0 fully saturated rings. The van der Waals surface area contributed by atoms with Crippen LogP contribution < -0.4 is 5.32 Å². The molecule has 0 amide bonds. The highest BCUT2D eigenvalue weighted by atomic mass is 15.3. The number of nitrogens with zero attached hydrogens (tertiary/aromatic N) is 4. The minimum atomic E-state index is 0.865. The molecule has 0 radical (unpaired) electrons. The van der Waals surface area contributed by atoms with Gasteiger partial charge >= 0.3 is 0 Å². The predicted molar refractivity (Wildman–Crippen MR) is 80.3 cm³/mol. The van der Waals surface area contributed by atoms with Crippen LogP contribution in [0.2, 0.25) is 0 Å². The number of aliphatic imine (C=N–C) groups is 1. The van der Waals surface area contributed by atoms with Gasteiger partial charge in [0.25, 0.3) is 0 Å². The fourth-order valence-electron chi connectivity index (χ4n) is 1.88. The molecule has 0 unspecified atom stereocenters. The van der Waals surface area contributed by atoms with Crippen LogP contribution in [-0.2, 0) is 13.5 Å². The number of unbranched alkanes of at least 4 members (excludes halogenated alkanes) is 1. The summed E-state index contributed by atoms with van der Waals surface area (Å²) in [5, 5.41) is 7.53. The molecule has 0 saturated carbocycles. The Morgan fingerprint density at radius 3 is 3.00 bits per heavy atom. The van der Waals surface area contributed by atoms with Crippen molar-refractivity contribution in [3.05, 3.63) is 30.6 Å². The van der Waals surface area contributed by atoms with Crippen LogP contribution in [0.15, 0.2) is 30.0 Å². The second-order valence-electron chi connectivity index (χ2n) is 4.60. The average Bonchev–Trinajstić information content (AvgIpc) is 2.80. The zero-order valence-electron chi connectivity index (χ0n) is 12.3. The molecular formula is C14H25N5. The Hall–Kier alpha value is -1.78. The van der Waals surface area contributed by atoms with Gasteiger partial charge in [0, 0.05) is 40.4 Å². The van der Waals surface area contributed by atoms with E-state index in [1.807, 2.05) is 37.2 Å². The Morgan fingerprint density at radius 1 is 1.63 bits per heavy atom. The topological polar surface area (TPSA) is 45.4 Å². The van der Waals surface area contributed by atoms with Crippen LogP contribution in [-0.4, -0.2) is 47.8 Å². The smallest absolute Gasteiger partial charge is 0.193 e. The van der Waals surface area contributed by atoms with Gasteiger partial charge in [0.2, 0.25) is 0 Å². The summed E-state index contributed by atoms with van der Waals surface area (Å²) in [4.78, 5) is 6.43. The fraction of sp³-hybridized carbons (Fsp3) is 0.571. The van der Waals surface area contributed by atoms with Gasteiger partial charge in [0.15, 0.2) is 5.96 Å². The van der Waals surface area contributed by atoms with E-state index in [9.17, 15) is 0 Å². The maximum atomic E-state index is 4.29. The number of guanidine groups is 1. The summed E-state index contributed by atoms with van der Waals surface area (Å²) in [5.41, 5.74) is 1.24. The molecule has 0 bridgehead atoms. The fourth-order valence-corrected chi connectivity index (χ4v) is 1.88. The molecular weight excluding hydrogens is 238 g/mol. The van der Waals surface area contributed by atoms with Crippen LogP contribution in [0.5, 0.6) is 0 Å². The minimum Gasteiger partial charge on any atom is -0.356 e. The van der Waals surface area contributed by atoms with Gasteiger partial charge in [-0.2, -0.15) is 5.10 Å². The maximum Gasteiger partial charge on any atom is 0.193 e. The Labute approximate surface area is 116 Å². The van der Waals surface area contributed by atoms with Gasteiger partial charge in [0.1, 0.15) is 0 Å². The van der Waals surface area contributed by atoms with E-state index in [2.05, 4.69) is 33.9 Å². The molecule has 0 aliphatic heterocycles. The van der Waals surface area contributed by atoms with Crippen LogP contribution in [0.1, 0.15) is 18.4 Å². The Balaban J connectivity index is 2.30. The van der Waals surface area contributed by atoms with Crippen LogP contribution in [0.3, 0.4) is 0 Å². The largest absolute Gasteiger partial charge is 0.356 e. The van der Waals surface area contributed by atoms with Crippen LogP contribution in [0.4, 0.5) is 0 Å². The molecule has 0 aliphatic carbocycles. The molecule has 1 rings (SSSR count). The highest BCUT2D eigenvalue weighted by Gasteiger charge is 2.04. The molecule has 0 atom stereocenters. The van der Waals surface area contributed by atoms with Crippen molar-refractivity contribution in [3.8, 4) is 0 Å². The molecule has 19 heavy (non-hydrogen) atoms. The van der Waals surface area contributed by atoms with E-state index in [0.29, 0.717) is 0 Å². The van der Waals surface area contributed by atoms with E-state index in [4.69, 9.17) is 0 Å². The molecule has 1 aromatic heterocycles. The van der Waals surface area contributed by atoms with Crippen molar-refractivity contribution in [1.29, 1.82) is 0 Å².